The predicted octanol–water partition coefficient (Wildman–Crippen LogP) is 10.8. The Morgan fingerprint density at radius 1 is 0.595 bits per heavy atom. The first-order valence-electron chi connectivity index (χ1n) is 14.4. The average Bonchev–Trinajstić information content (AvgIpc) is 3.27. The highest BCUT2D eigenvalue weighted by Gasteiger charge is 2.18. The van der Waals surface area contributed by atoms with Gasteiger partial charge in [0.15, 0.2) is 0 Å². The van der Waals surface area contributed by atoms with E-state index in [-0.39, 0.29) is 0 Å². The van der Waals surface area contributed by atoms with E-state index in [0.29, 0.717) is 0 Å². The highest BCUT2D eigenvalue weighted by atomic mass is 14.9. The fourth-order valence-electron chi connectivity index (χ4n) is 6.07. The summed E-state index contributed by atoms with van der Waals surface area (Å²) >= 11 is 0. The number of aromatic nitrogens is 1. The minimum atomic E-state index is 0.759. The van der Waals surface area contributed by atoms with Crippen LogP contribution in [0.2, 0.25) is 0 Å². The molecule has 0 spiro atoms. The molecule has 2 nitrogen and oxygen atoms in total. The van der Waals surface area contributed by atoms with Gasteiger partial charge in [-0.25, -0.2) is 0 Å². The van der Waals surface area contributed by atoms with E-state index in [1.54, 1.807) is 0 Å². The number of fused-ring (bicyclic) bond motifs is 3. The molecular weight excluding hydrogens is 508 g/mol. The Morgan fingerprint density at radius 2 is 1.10 bits per heavy atom. The number of nitrogens with zero attached hydrogens (tertiary/aromatic N) is 2. The van der Waals surface area contributed by atoms with Gasteiger partial charge >= 0.3 is 0 Å². The Bertz CT molecular complexity index is 2050. The number of hydrogen-bond acceptors (Lipinski definition) is 1. The van der Waals surface area contributed by atoms with Crippen LogP contribution in [0.5, 0.6) is 0 Å². The summed E-state index contributed by atoms with van der Waals surface area (Å²) in [7, 11) is 2.20. The summed E-state index contributed by atoms with van der Waals surface area (Å²) in [5, 5.41) is 2.54. The number of rotatable bonds is 6. The summed E-state index contributed by atoms with van der Waals surface area (Å²) < 4.78 is 2.38. The third kappa shape index (κ3) is 4.90. The Morgan fingerprint density at radius 3 is 1.64 bits per heavy atom. The molecule has 0 radical (unpaired) electrons. The zero-order valence-corrected chi connectivity index (χ0v) is 25.1. The van der Waals surface area contributed by atoms with Crippen molar-refractivity contribution >= 4 is 38.8 Å². The van der Waals surface area contributed by atoms with Gasteiger partial charge < -0.3 is 4.57 Å². The van der Waals surface area contributed by atoms with Crippen LogP contribution < -0.4 is 0 Å². The van der Waals surface area contributed by atoms with Crippen LogP contribution in [-0.2, 0) is 7.05 Å². The molecule has 6 rings (SSSR count). The SMILES string of the molecule is C=C(C)c1cccc(-c2cc(C)cc3c4cc(C)cc(-c5cccc(C(=C)N=C(C)c6ccccc6)c5)c4n(C)c23)c1. The van der Waals surface area contributed by atoms with Crippen molar-refractivity contribution in [1.82, 2.24) is 4.57 Å². The minimum absolute atomic E-state index is 0.759. The van der Waals surface area contributed by atoms with Gasteiger partial charge in [0.2, 0.25) is 0 Å². The lowest BCUT2D eigenvalue weighted by molar-refractivity contribution is 1.02. The largest absolute Gasteiger partial charge is 0.343 e. The molecular formula is C40H36N2. The van der Waals surface area contributed by atoms with Gasteiger partial charge in [-0.15, -0.1) is 0 Å². The first-order valence-corrected chi connectivity index (χ1v) is 14.4. The van der Waals surface area contributed by atoms with Crippen molar-refractivity contribution in [3.63, 3.8) is 0 Å². The molecule has 0 aliphatic carbocycles. The van der Waals surface area contributed by atoms with E-state index >= 15 is 0 Å². The van der Waals surface area contributed by atoms with Crippen LogP contribution in [-0.4, -0.2) is 10.3 Å². The maximum Gasteiger partial charge on any atom is 0.0633 e. The average molecular weight is 545 g/mol. The molecule has 1 heterocycles. The Kier molecular flexibility index (Phi) is 7.00. The molecule has 6 aromatic rings. The van der Waals surface area contributed by atoms with Gasteiger partial charge in [0.1, 0.15) is 0 Å². The summed E-state index contributed by atoms with van der Waals surface area (Å²) in [6.45, 7) is 17.0. The monoisotopic (exact) mass is 544 g/mol. The first kappa shape index (κ1) is 27.2. The molecule has 0 amide bonds. The zero-order chi connectivity index (χ0) is 29.5. The number of aryl methyl sites for hydroxylation is 3. The van der Waals surface area contributed by atoms with Gasteiger partial charge in [-0.05, 0) is 97.5 Å². The lowest BCUT2D eigenvalue weighted by Gasteiger charge is -2.12. The van der Waals surface area contributed by atoms with E-state index in [2.05, 4.69) is 130 Å². The van der Waals surface area contributed by atoms with Gasteiger partial charge in [-0.3, -0.25) is 4.99 Å². The van der Waals surface area contributed by atoms with Crippen molar-refractivity contribution in [2.24, 2.45) is 12.0 Å². The molecule has 1 aromatic heterocycles. The molecule has 0 aliphatic heterocycles. The smallest absolute Gasteiger partial charge is 0.0633 e. The molecule has 2 heteroatoms. The molecule has 0 saturated carbocycles. The number of allylic oxidation sites excluding steroid dienone is 1. The zero-order valence-electron chi connectivity index (χ0n) is 25.1. The number of aliphatic imine (C=N–C) groups is 1. The Labute approximate surface area is 249 Å². The summed E-state index contributed by atoms with van der Waals surface area (Å²) in [5.74, 6) is 0. The highest BCUT2D eigenvalue weighted by Crippen LogP contribution is 2.41. The molecule has 0 atom stereocenters. The van der Waals surface area contributed by atoms with Crippen molar-refractivity contribution in [1.29, 1.82) is 0 Å². The maximum atomic E-state index is 4.87. The highest BCUT2D eigenvalue weighted by molar-refractivity contribution is 6.16. The molecule has 0 aliphatic rings. The molecule has 5 aromatic carbocycles. The van der Waals surface area contributed by atoms with Crippen molar-refractivity contribution in [2.45, 2.75) is 27.7 Å². The van der Waals surface area contributed by atoms with E-state index < -0.39 is 0 Å². The molecule has 0 bridgehead atoms. The van der Waals surface area contributed by atoms with E-state index in [0.717, 1.165) is 33.7 Å². The summed E-state index contributed by atoms with van der Waals surface area (Å²) in [4.78, 5) is 4.87. The molecule has 0 N–H and O–H groups in total. The van der Waals surface area contributed by atoms with E-state index in [1.807, 2.05) is 25.1 Å². The maximum absolute atomic E-state index is 4.87. The van der Waals surface area contributed by atoms with E-state index in [1.165, 1.54) is 55.2 Å². The van der Waals surface area contributed by atoms with Gasteiger partial charge in [0, 0.05) is 40.2 Å². The second-order valence-corrected chi connectivity index (χ2v) is 11.4. The van der Waals surface area contributed by atoms with Crippen LogP contribution in [0.1, 0.15) is 41.7 Å². The topological polar surface area (TPSA) is 17.3 Å². The van der Waals surface area contributed by atoms with Crippen molar-refractivity contribution in [3.8, 4) is 22.3 Å². The van der Waals surface area contributed by atoms with Crippen LogP contribution in [0.25, 0.3) is 55.3 Å². The minimum Gasteiger partial charge on any atom is -0.343 e. The van der Waals surface area contributed by atoms with Crippen molar-refractivity contribution in [2.75, 3.05) is 0 Å². The Balaban J connectivity index is 1.54. The lowest BCUT2D eigenvalue weighted by Crippen LogP contribution is -1.95. The normalized spacial score (nSPS) is 11.8. The first-order chi connectivity index (χ1) is 20.2. The Hall–Kier alpha value is -4.95. The van der Waals surface area contributed by atoms with E-state index in [4.69, 9.17) is 4.99 Å². The van der Waals surface area contributed by atoms with Crippen LogP contribution in [0, 0.1) is 13.8 Å². The summed E-state index contributed by atoms with van der Waals surface area (Å²) in [6, 6.07) is 36.9. The van der Waals surface area contributed by atoms with Crippen LogP contribution >= 0.6 is 0 Å². The van der Waals surface area contributed by atoms with Crippen LogP contribution in [0.4, 0.5) is 0 Å². The second kappa shape index (κ2) is 10.8. The van der Waals surface area contributed by atoms with E-state index in [9.17, 15) is 0 Å². The van der Waals surface area contributed by atoms with Crippen LogP contribution in [0.15, 0.2) is 121 Å². The van der Waals surface area contributed by atoms with Gasteiger partial charge in [0.25, 0.3) is 0 Å². The molecule has 206 valence electrons. The third-order valence-corrected chi connectivity index (χ3v) is 8.14. The molecule has 42 heavy (non-hydrogen) atoms. The van der Waals surface area contributed by atoms with Crippen molar-refractivity contribution < 1.29 is 0 Å². The molecule has 0 fully saturated rings. The van der Waals surface area contributed by atoms with Gasteiger partial charge in [-0.1, -0.05) is 85.5 Å². The molecule has 0 unspecified atom stereocenters. The van der Waals surface area contributed by atoms with Crippen LogP contribution in [0.3, 0.4) is 0 Å². The number of benzene rings is 5. The van der Waals surface area contributed by atoms with Crippen molar-refractivity contribution in [3.05, 3.63) is 144 Å². The fraction of sp³-hybridized carbons (Fsp3) is 0.125. The quantitative estimate of drug-likeness (QED) is 0.186. The second-order valence-electron chi connectivity index (χ2n) is 11.4. The number of hydrogen-bond donors (Lipinski definition) is 0. The lowest BCUT2D eigenvalue weighted by atomic mass is 9.95. The fourth-order valence-corrected chi connectivity index (χ4v) is 6.07. The third-order valence-electron chi connectivity index (χ3n) is 8.14. The van der Waals surface area contributed by atoms with Gasteiger partial charge in [0.05, 0.1) is 16.7 Å². The molecule has 0 saturated heterocycles. The van der Waals surface area contributed by atoms with Gasteiger partial charge in [-0.2, -0.15) is 0 Å². The standard InChI is InChI=1S/C40H36N2/c1-25(2)31-15-11-17-33(23-31)35-19-26(3)21-37-38-22-27(4)20-36(40(38)42(7)39(35)37)34-18-12-16-32(24-34)29(6)41-28(5)30-13-9-8-10-14-30/h8-24H,1,6H2,2-5,7H3. The summed E-state index contributed by atoms with van der Waals surface area (Å²) in [6.07, 6.45) is 0. The summed E-state index contributed by atoms with van der Waals surface area (Å²) in [5.41, 5.74) is 15.8. The predicted molar refractivity (Wildman–Crippen MR) is 183 cm³/mol.